The van der Waals surface area contributed by atoms with E-state index >= 15 is 0 Å². The molecule has 0 saturated heterocycles. The molecule has 0 bridgehead atoms. The summed E-state index contributed by atoms with van der Waals surface area (Å²) in [5.41, 5.74) is -0.339. The second-order valence-corrected chi connectivity index (χ2v) is 4.35. The Kier molecular flexibility index (Phi) is 3.71. The van der Waals surface area contributed by atoms with Crippen LogP contribution in [0.15, 0.2) is 22.8 Å². The Morgan fingerprint density at radius 1 is 1.44 bits per heavy atom. The molecule has 16 heavy (non-hydrogen) atoms. The number of esters is 1. The third-order valence-corrected chi connectivity index (χ3v) is 1.57. The van der Waals surface area contributed by atoms with Crippen LogP contribution in [0.4, 0.5) is 0 Å². The predicted octanol–water partition coefficient (Wildman–Crippen LogP) is 1.35. The van der Waals surface area contributed by atoms with Crippen molar-refractivity contribution in [3.63, 3.8) is 0 Å². The van der Waals surface area contributed by atoms with Crippen LogP contribution in [0.2, 0.25) is 0 Å². The maximum absolute atomic E-state index is 11.3. The summed E-state index contributed by atoms with van der Waals surface area (Å²) in [4.78, 5) is 22.6. The summed E-state index contributed by atoms with van der Waals surface area (Å²) in [6, 6.07) is 3.05. The van der Waals surface area contributed by atoms with Gasteiger partial charge in [0.1, 0.15) is 0 Å². The van der Waals surface area contributed by atoms with Gasteiger partial charge in [-0.1, -0.05) is 0 Å². The quantitative estimate of drug-likeness (QED) is 0.788. The Bertz CT molecular complexity index is 362. The van der Waals surface area contributed by atoms with Gasteiger partial charge in [0.05, 0.1) is 6.26 Å². The van der Waals surface area contributed by atoms with Gasteiger partial charge in [0.25, 0.3) is 5.91 Å². The Morgan fingerprint density at radius 2 is 2.12 bits per heavy atom. The van der Waals surface area contributed by atoms with Crippen molar-refractivity contribution >= 4 is 11.9 Å². The molecule has 0 aliphatic heterocycles. The number of ether oxygens (including phenoxy) is 1. The summed E-state index contributed by atoms with van der Waals surface area (Å²) in [6.45, 7) is 5.23. The molecule has 0 atom stereocenters. The maximum Gasteiger partial charge on any atom is 0.374 e. The van der Waals surface area contributed by atoms with Crippen LogP contribution in [0.5, 0.6) is 0 Å². The topological polar surface area (TPSA) is 68.5 Å². The van der Waals surface area contributed by atoms with Gasteiger partial charge in [-0.05, 0) is 32.9 Å². The third-order valence-electron chi connectivity index (χ3n) is 1.57. The second-order valence-electron chi connectivity index (χ2n) is 4.35. The van der Waals surface area contributed by atoms with Crippen LogP contribution in [-0.4, -0.2) is 24.0 Å². The SMILES string of the molecule is CC(C)(C)NC(=O)COC(=O)c1ccco1. The van der Waals surface area contributed by atoms with E-state index in [0.717, 1.165) is 0 Å². The minimum atomic E-state index is -0.644. The highest BCUT2D eigenvalue weighted by atomic mass is 16.5. The van der Waals surface area contributed by atoms with Crippen LogP contribution in [-0.2, 0) is 9.53 Å². The molecule has 88 valence electrons. The van der Waals surface area contributed by atoms with Crippen molar-refractivity contribution in [2.75, 3.05) is 6.61 Å². The highest BCUT2D eigenvalue weighted by Gasteiger charge is 2.16. The molecule has 0 unspecified atom stereocenters. The lowest BCUT2D eigenvalue weighted by Crippen LogP contribution is -2.42. The molecule has 0 aromatic carbocycles. The summed E-state index contributed by atoms with van der Waals surface area (Å²) >= 11 is 0. The van der Waals surface area contributed by atoms with Gasteiger partial charge in [0.2, 0.25) is 5.76 Å². The molecule has 1 rings (SSSR count). The van der Waals surface area contributed by atoms with Crippen molar-refractivity contribution in [3.8, 4) is 0 Å². The van der Waals surface area contributed by atoms with E-state index in [4.69, 9.17) is 9.15 Å². The first-order chi connectivity index (χ1) is 7.38. The molecule has 1 aromatic rings. The maximum atomic E-state index is 11.3. The van der Waals surface area contributed by atoms with Crippen molar-refractivity contribution in [2.45, 2.75) is 26.3 Å². The Labute approximate surface area is 93.8 Å². The minimum absolute atomic E-state index is 0.0866. The zero-order valence-corrected chi connectivity index (χ0v) is 9.57. The standard InChI is InChI=1S/C11H15NO4/c1-11(2,3)12-9(13)7-16-10(14)8-5-4-6-15-8/h4-6H,7H2,1-3H3,(H,12,13). The van der Waals surface area contributed by atoms with E-state index in [1.807, 2.05) is 20.8 Å². The lowest BCUT2D eigenvalue weighted by atomic mass is 10.1. The lowest BCUT2D eigenvalue weighted by Gasteiger charge is -2.20. The molecule has 0 radical (unpaired) electrons. The Balaban J connectivity index is 2.35. The fraction of sp³-hybridized carbons (Fsp3) is 0.455. The number of nitrogens with one attached hydrogen (secondary N) is 1. The zero-order valence-electron chi connectivity index (χ0n) is 9.57. The Hall–Kier alpha value is -1.78. The van der Waals surface area contributed by atoms with Gasteiger partial charge < -0.3 is 14.5 Å². The van der Waals surface area contributed by atoms with Crippen molar-refractivity contribution in [3.05, 3.63) is 24.2 Å². The number of rotatable bonds is 3. The number of carbonyl (C=O) groups excluding carboxylic acids is 2. The van der Waals surface area contributed by atoms with E-state index in [0.29, 0.717) is 0 Å². The molecule has 0 aliphatic carbocycles. The molecule has 5 nitrogen and oxygen atoms in total. The molecule has 1 amide bonds. The van der Waals surface area contributed by atoms with Crippen LogP contribution >= 0.6 is 0 Å². The van der Waals surface area contributed by atoms with Crippen LogP contribution in [0, 0.1) is 0 Å². The summed E-state index contributed by atoms with van der Waals surface area (Å²) in [5.74, 6) is -0.898. The lowest BCUT2D eigenvalue weighted by molar-refractivity contribution is -0.125. The predicted molar refractivity (Wildman–Crippen MR) is 56.9 cm³/mol. The molecule has 0 aliphatic rings. The smallest absolute Gasteiger partial charge is 0.374 e. The second kappa shape index (κ2) is 4.83. The van der Waals surface area contributed by atoms with Gasteiger partial charge in [-0.3, -0.25) is 4.79 Å². The molecule has 1 N–H and O–H groups in total. The van der Waals surface area contributed by atoms with E-state index in [1.165, 1.54) is 12.3 Å². The van der Waals surface area contributed by atoms with Gasteiger partial charge in [0.15, 0.2) is 6.61 Å². The van der Waals surface area contributed by atoms with Gasteiger partial charge in [-0.15, -0.1) is 0 Å². The monoisotopic (exact) mass is 225 g/mol. The fourth-order valence-corrected chi connectivity index (χ4v) is 1.05. The van der Waals surface area contributed by atoms with Crippen LogP contribution in [0.25, 0.3) is 0 Å². The molecule has 0 spiro atoms. The number of carbonyl (C=O) groups is 2. The van der Waals surface area contributed by atoms with Crippen molar-refractivity contribution in [2.24, 2.45) is 0 Å². The molecule has 0 saturated carbocycles. The first kappa shape index (κ1) is 12.3. The molecule has 1 heterocycles. The van der Waals surface area contributed by atoms with Crippen LogP contribution in [0.1, 0.15) is 31.3 Å². The number of amides is 1. The average molecular weight is 225 g/mol. The van der Waals surface area contributed by atoms with Crippen molar-refractivity contribution in [1.29, 1.82) is 0 Å². The highest BCUT2D eigenvalue weighted by molar-refractivity contribution is 5.88. The summed E-state index contributed by atoms with van der Waals surface area (Å²) in [5, 5.41) is 2.67. The minimum Gasteiger partial charge on any atom is -0.457 e. The number of hydrogen-bond acceptors (Lipinski definition) is 4. The summed E-state index contributed by atoms with van der Waals surface area (Å²) < 4.78 is 9.57. The van der Waals surface area contributed by atoms with E-state index in [1.54, 1.807) is 6.07 Å². The first-order valence-electron chi connectivity index (χ1n) is 4.90. The molecular formula is C11H15NO4. The largest absolute Gasteiger partial charge is 0.457 e. The van der Waals surface area contributed by atoms with Gasteiger partial charge in [0, 0.05) is 5.54 Å². The van der Waals surface area contributed by atoms with Gasteiger partial charge in [-0.25, -0.2) is 4.79 Å². The molecular weight excluding hydrogens is 210 g/mol. The molecule has 1 aromatic heterocycles. The van der Waals surface area contributed by atoms with Crippen molar-refractivity contribution in [1.82, 2.24) is 5.32 Å². The number of furan rings is 1. The third kappa shape index (κ3) is 4.16. The molecule has 5 heteroatoms. The first-order valence-corrected chi connectivity index (χ1v) is 4.90. The van der Waals surface area contributed by atoms with Gasteiger partial charge >= 0.3 is 5.97 Å². The Morgan fingerprint density at radius 3 is 2.62 bits per heavy atom. The van der Waals surface area contributed by atoms with E-state index < -0.39 is 5.97 Å². The zero-order chi connectivity index (χ0) is 12.2. The average Bonchev–Trinajstić information content (AvgIpc) is 2.64. The van der Waals surface area contributed by atoms with Crippen molar-refractivity contribution < 1.29 is 18.7 Å². The van der Waals surface area contributed by atoms with Crippen LogP contribution < -0.4 is 5.32 Å². The number of hydrogen-bond donors (Lipinski definition) is 1. The molecule has 0 fully saturated rings. The normalized spacial score (nSPS) is 10.9. The van der Waals surface area contributed by atoms with Crippen LogP contribution in [0.3, 0.4) is 0 Å². The van der Waals surface area contributed by atoms with Gasteiger partial charge in [-0.2, -0.15) is 0 Å². The van der Waals surface area contributed by atoms with E-state index in [9.17, 15) is 9.59 Å². The highest BCUT2D eigenvalue weighted by Crippen LogP contribution is 2.02. The fourth-order valence-electron chi connectivity index (χ4n) is 1.05. The van der Waals surface area contributed by atoms with E-state index in [-0.39, 0.29) is 23.8 Å². The summed E-state index contributed by atoms with van der Waals surface area (Å²) in [6.07, 6.45) is 1.37. The van der Waals surface area contributed by atoms with E-state index in [2.05, 4.69) is 5.32 Å². The summed E-state index contributed by atoms with van der Waals surface area (Å²) in [7, 11) is 0.